The molecule has 1 rings (SSSR count). The number of unbranched alkanes of at least 4 members (excludes halogenated alkanes) is 3. The Kier molecular flexibility index (Phi) is 7.11. The van der Waals surface area contributed by atoms with Crippen LogP contribution in [0.1, 0.15) is 62.0 Å². The summed E-state index contributed by atoms with van der Waals surface area (Å²) in [6.45, 7) is 4.53. The normalized spacial score (nSPS) is 12.3. The summed E-state index contributed by atoms with van der Waals surface area (Å²) in [7, 11) is 0. The minimum absolute atomic E-state index is 0.0840. The summed E-state index contributed by atoms with van der Waals surface area (Å²) < 4.78 is 5.70. The number of hydrogen-bond acceptors (Lipinski definition) is 3. The fourth-order valence-corrected chi connectivity index (χ4v) is 1.92. The highest BCUT2D eigenvalue weighted by atomic mass is 16.5. The van der Waals surface area contributed by atoms with Crippen LogP contribution in [0.4, 0.5) is 0 Å². The number of aromatic nitrogens is 1. The molecule has 0 aliphatic heterocycles. The van der Waals surface area contributed by atoms with Gasteiger partial charge in [-0.05, 0) is 19.4 Å². The SMILES string of the molecule is CCCCCCC(C)OCc1cccnc1C(=O)O. The Balaban J connectivity index is 2.37. The summed E-state index contributed by atoms with van der Waals surface area (Å²) in [5.74, 6) is -1.00. The van der Waals surface area contributed by atoms with Crippen LogP contribution in [0, 0.1) is 0 Å². The number of carbonyl (C=O) groups is 1. The molecule has 0 aliphatic rings. The second kappa shape index (κ2) is 8.64. The number of nitrogens with zero attached hydrogens (tertiary/aromatic N) is 1. The van der Waals surface area contributed by atoms with Crippen LogP contribution >= 0.6 is 0 Å². The van der Waals surface area contributed by atoms with Gasteiger partial charge < -0.3 is 9.84 Å². The third-order valence-corrected chi connectivity index (χ3v) is 3.08. The second-order valence-corrected chi connectivity index (χ2v) is 4.79. The van der Waals surface area contributed by atoms with Crippen LogP contribution in [0.25, 0.3) is 0 Å². The van der Waals surface area contributed by atoms with E-state index >= 15 is 0 Å². The summed E-state index contributed by atoms with van der Waals surface area (Å²) in [5.41, 5.74) is 0.719. The van der Waals surface area contributed by atoms with Crippen molar-refractivity contribution in [1.29, 1.82) is 0 Å². The maximum atomic E-state index is 11.0. The van der Waals surface area contributed by atoms with Crippen molar-refractivity contribution >= 4 is 5.97 Å². The Labute approximate surface area is 114 Å². The largest absolute Gasteiger partial charge is 0.477 e. The highest BCUT2D eigenvalue weighted by Gasteiger charge is 2.12. The molecular weight excluding hydrogens is 242 g/mol. The summed E-state index contributed by atoms with van der Waals surface area (Å²) >= 11 is 0. The van der Waals surface area contributed by atoms with Crippen molar-refractivity contribution in [2.75, 3.05) is 0 Å². The lowest BCUT2D eigenvalue weighted by Gasteiger charge is -2.13. The fraction of sp³-hybridized carbons (Fsp3) is 0.600. The minimum atomic E-state index is -1.00. The molecule has 1 heterocycles. The maximum Gasteiger partial charge on any atom is 0.354 e. The Morgan fingerprint density at radius 1 is 1.42 bits per heavy atom. The number of hydrogen-bond donors (Lipinski definition) is 1. The van der Waals surface area contributed by atoms with Crippen molar-refractivity contribution in [3.63, 3.8) is 0 Å². The van der Waals surface area contributed by atoms with Crippen molar-refractivity contribution in [3.05, 3.63) is 29.6 Å². The van der Waals surface area contributed by atoms with Crippen molar-refractivity contribution in [1.82, 2.24) is 4.98 Å². The first-order valence-corrected chi connectivity index (χ1v) is 6.94. The first-order valence-electron chi connectivity index (χ1n) is 6.94. The molecule has 0 bridgehead atoms. The fourth-order valence-electron chi connectivity index (χ4n) is 1.92. The van der Waals surface area contributed by atoms with Gasteiger partial charge in [0.15, 0.2) is 5.69 Å². The molecule has 1 atom stereocenters. The van der Waals surface area contributed by atoms with Crippen molar-refractivity contribution in [2.45, 2.75) is 58.7 Å². The molecule has 1 aromatic heterocycles. The Bertz CT molecular complexity index is 393. The van der Waals surface area contributed by atoms with E-state index in [1.807, 2.05) is 6.92 Å². The highest BCUT2D eigenvalue weighted by molar-refractivity contribution is 5.86. The predicted octanol–water partition coefficient (Wildman–Crippen LogP) is 3.66. The Hall–Kier alpha value is -1.42. The van der Waals surface area contributed by atoms with Crippen LogP contribution < -0.4 is 0 Å². The van der Waals surface area contributed by atoms with Gasteiger partial charge in [-0.1, -0.05) is 38.7 Å². The predicted molar refractivity (Wildman–Crippen MR) is 74.2 cm³/mol. The van der Waals surface area contributed by atoms with Gasteiger partial charge in [0.25, 0.3) is 0 Å². The number of carboxylic acid groups (broad SMARTS) is 1. The van der Waals surface area contributed by atoms with E-state index in [0.717, 1.165) is 12.8 Å². The van der Waals surface area contributed by atoms with E-state index in [9.17, 15) is 4.79 Å². The van der Waals surface area contributed by atoms with Gasteiger partial charge in [-0.3, -0.25) is 0 Å². The first kappa shape index (κ1) is 15.6. The highest BCUT2D eigenvalue weighted by Crippen LogP contribution is 2.12. The van der Waals surface area contributed by atoms with Crippen LogP contribution in [-0.4, -0.2) is 22.2 Å². The lowest BCUT2D eigenvalue weighted by atomic mass is 10.1. The van der Waals surface area contributed by atoms with Gasteiger partial charge in [0.2, 0.25) is 0 Å². The van der Waals surface area contributed by atoms with Crippen LogP contribution in [0.2, 0.25) is 0 Å². The van der Waals surface area contributed by atoms with Crippen molar-refractivity contribution in [3.8, 4) is 0 Å². The van der Waals surface area contributed by atoms with E-state index < -0.39 is 5.97 Å². The van der Waals surface area contributed by atoms with Gasteiger partial charge in [0, 0.05) is 11.8 Å². The molecule has 4 nitrogen and oxygen atoms in total. The lowest BCUT2D eigenvalue weighted by Crippen LogP contribution is -2.11. The van der Waals surface area contributed by atoms with Crippen LogP contribution in [-0.2, 0) is 11.3 Å². The number of rotatable bonds is 9. The summed E-state index contributed by atoms with van der Waals surface area (Å²) in [4.78, 5) is 14.9. The van der Waals surface area contributed by atoms with E-state index in [0.29, 0.717) is 12.2 Å². The molecule has 0 radical (unpaired) electrons. The molecular formula is C15H23NO3. The molecule has 0 saturated heterocycles. The van der Waals surface area contributed by atoms with E-state index in [1.54, 1.807) is 12.1 Å². The van der Waals surface area contributed by atoms with Gasteiger partial charge in [-0.15, -0.1) is 0 Å². The van der Waals surface area contributed by atoms with E-state index in [1.165, 1.54) is 25.5 Å². The molecule has 0 saturated carbocycles. The third-order valence-electron chi connectivity index (χ3n) is 3.08. The Morgan fingerprint density at radius 3 is 2.89 bits per heavy atom. The molecule has 4 heteroatoms. The molecule has 106 valence electrons. The summed E-state index contributed by atoms with van der Waals surface area (Å²) in [6, 6.07) is 3.48. The molecule has 0 aliphatic carbocycles. The zero-order chi connectivity index (χ0) is 14.1. The molecule has 1 unspecified atom stereocenters. The van der Waals surface area contributed by atoms with Gasteiger partial charge in [-0.2, -0.15) is 0 Å². The average molecular weight is 265 g/mol. The molecule has 1 N–H and O–H groups in total. The average Bonchev–Trinajstić information content (AvgIpc) is 2.41. The van der Waals surface area contributed by atoms with Crippen molar-refractivity contribution < 1.29 is 14.6 Å². The zero-order valence-electron chi connectivity index (χ0n) is 11.8. The van der Waals surface area contributed by atoms with Crippen molar-refractivity contribution in [2.24, 2.45) is 0 Å². The topological polar surface area (TPSA) is 59.4 Å². The quantitative estimate of drug-likeness (QED) is 0.692. The lowest BCUT2D eigenvalue weighted by molar-refractivity contribution is 0.0439. The standard InChI is InChI=1S/C15H23NO3/c1-3-4-5-6-8-12(2)19-11-13-9-7-10-16-14(13)15(17)18/h7,9-10,12H,3-6,8,11H2,1-2H3,(H,17,18). The third kappa shape index (κ3) is 5.83. The van der Waals surface area contributed by atoms with Crippen LogP contribution in [0.5, 0.6) is 0 Å². The molecule has 0 fully saturated rings. The minimum Gasteiger partial charge on any atom is -0.477 e. The smallest absolute Gasteiger partial charge is 0.354 e. The number of carboxylic acids is 1. The van der Waals surface area contributed by atoms with E-state index in [4.69, 9.17) is 9.84 Å². The zero-order valence-corrected chi connectivity index (χ0v) is 11.8. The summed E-state index contributed by atoms with van der Waals surface area (Å²) in [5, 5.41) is 9.01. The van der Waals surface area contributed by atoms with Gasteiger partial charge in [0.05, 0.1) is 12.7 Å². The molecule has 1 aromatic rings. The van der Waals surface area contributed by atoms with Gasteiger partial charge in [-0.25, -0.2) is 9.78 Å². The summed E-state index contributed by atoms with van der Waals surface area (Å²) in [6.07, 6.45) is 7.54. The van der Waals surface area contributed by atoms with Crippen LogP contribution in [0.15, 0.2) is 18.3 Å². The molecule has 19 heavy (non-hydrogen) atoms. The monoisotopic (exact) mass is 265 g/mol. The number of ether oxygens (including phenoxy) is 1. The molecule has 0 spiro atoms. The maximum absolute atomic E-state index is 11.0. The molecule has 0 amide bonds. The first-order chi connectivity index (χ1) is 9.15. The number of pyridine rings is 1. The van der Waals surface area contributed by atoms with E-state index in [-0.39, 0.29) is 11.8 Å². The Morgan fingerprint density at radius 2 is 2.21 bits per heavy atom. The number of aromatic carboxylic acids is 1. The van der Waals surface area contributed by atoms with E-state index in [2.05, 4.69) is 11.9 Å². The van der Waals surface area contributed by atoms with Crippen LogP contribution in [0.3, 0.4) is 0 Å². The molecule has 0 aromatic carbocycles. The van der Waals surface area contributed by atoms with Gasteiger partial charge >= 0.3 is 5.97 Å². The van der Waals surface area contributed by atoms with Gasteiger partial charge in [0.1, 0.15) is 0 Å². The second-order valence-electron chi connectivity index (χ2n) is 4.79.